The first-order valence-electron chi connectivity index (χ1n) is 5.45. The highest BCUT2D eigenvalue weighted by molar-refractivity contribution is 6.30. The van der Waals surface area contributed by atoms with Crippen molar-refractivity contribution in [2.45, 2.75) is 25.8 Å². The Balaban J connectivity index is 2.22. The Hall–Kier alpha value is -1.73. The number of hydrogen-bond donors (Lipinski definition) is 1. The molecule has 4 nitrogen and oxygen atoms in total. The van der Waals surface area contributed by atoms with E-state index in [1.54, 1.807) is 16.8 Å². The normalized spacial score (nSPS) is 12.3. The van der Waals surface area contributed by atoms with Crippen molar-refractivity contribution in [3.8, 4) is 12.3 Å². The number of pyridine rings is 1. The van der Waals surface area contributed by atoms with E-state index in [-0.39, 0.29) is 6.04 Å². The van der Waals surface area contributed by atoms with Crippen molar-refractivity contribution in [2.24, 2.45) is 0 Å². The van der Waals surface area contributed by atoms with Crippen LogP contribution in [0.15, 0.2) is 18.3 Å². The lowest BCUT2D eigenvalue weighted by Crippen LogP contribution is -2.18. The van der Waals surface area contributed by atoms with Crippen LogP contribution in [-0.4, -0.2) is 20.6 Å². The number of rotatable bonds is 4. The summed E-state index contributed by atoms with van der Waals surface area (Å²) in [5, 5.41) is 8.12. The summed E-state index contributed by atoms with van der Waals surface area (Å²) in [4.78, 5) is 4.34. The van der Waals surface area contributed by atoms with Crippen molar-refractivity contribution in [3.05, 3.63) is 23.4 Å². The highest BCUT2D eigenvalue weighted by Gasteiger charge is 2.08. The van der Waals surface area contributed by atoms with Gasteiger partial charge in [-0.1, -0.05) is 18.5 Å². The minimum Gasteiger partial charge on any atom is -0.349 e. The Morgan fingerprint density at radius 3 is 3.12 bits per heavy atom. The number of halogens is 1. The first-order valence-corrected chi connectivity index (χ1v) is 5.82. The molecule has 0 saturated heterocycles. The zero-order valence-corrected chi connectivity index (χ0v) is 10.3. The average Bonchev–Trinajstić information content (AvgIpc) is 2.69. The van der Waals surface area contributed by atoms with Crippen molar-refractivity contribution >= 4 is 23.2 Å². The molecule has 2 aromatic rings. The predicted octanol–water partition coefficient (Wildman–Crippen LogP) is 2.60. The Labute approximate surface area is 105 Å². The second kappa shape index (κ2) is 5.07. The molecule has 88 valence electrons. The molecule has 2 heterocycles. The molecule has 1 atom stereocenters. The molecule has 0 aliphatic heterocycles. The summed E-state index contributed by atoms with van der Waals surface area (Å²) in [6.07, 6.45) is 8.61. The third-order valence-corrected chi connectivity index (χ3v) is 2.71. The number of aromatic nitrogens is 3. The molecule has 0 aliphatic carbocycles. The van der Waals surface area contributed by atoms with Crippen LogP contribution < -0.4 is 5.32 Å². The summed E-state index contributed by atoms with van der Waals surface area (Å²) in [5.74, 6) is 3.21. The Bertz CT molecular complexity index is 555. The van der Waals surface area contributed by atoms with E-state index < -0.39 is 0 Å². The lowest BCUT2D eigenvalue weighted by atomic mass is 10.2. The predicted molar refractivity (Wildman–Crippen MR) is 69.1 cm³/mol. The van der Waals surface area contributed by atoms with E-state index in [1.165, 1.54) is 0 Å². The second-order valence-electron chi connectivity index (χ2n) is 3.74. The Morgan fingerprint density at radius 2 is 2.41 bits per heavy atom. The second-order valence-corrected chi connectivity index (χ2v) is 4.18. The fourth-order valence-corrected chi connectivity index (χ4v) is 1.70. The molecule has 0 aromatic carbocycles. The van der Waals surface area contributed by atoms with Gasteiger partial charge in [0.05, 0.1) is 5.02 Å². The smallest absolute Gasteiger partial charge is 0.243 e. The molecule has 2 rings (SSSR count). The third-order valence-electron chi connectivity index (χ3n) is 2.49. The fraction of sp³-hybridized carbons (Fsp3) is 0.333. The van der Waals surface area contributed by atoms with Crippen LogP contribution >= 0.6 is 11.6 Å². The van der Waals surface area contributed by atoms with E-state index >= 15 is 0 Å². The minimum atomic E-state index is 0.202. The van der Waals surface area contributed by atoms with Gasteiger partial charge in [0, 0.05) is 18.7 Å². The van der Waals surface area contributed by atoms with Crippen molar-refractivity contribution in [2.75, 3.05) is 5.32 Å². The van der Waals surface area contributed by atoms with Gasteiger partial charge in [-0.05, 0) is 18.6 Å². The van der Waals surface area contributed by atoms with Gasteiger partial charge in [-0.3, -0.25) is 0 Å². The molecule has 0 fully saturated rings. The topological polar surface area (TPSA) is 42.2 Å². The van der Waals surface area contributed by atoms with Gasteiger partial charge in [0.2, 0.25) is 5.95 Å². The molecule has 0 bridgehead atoms. The standard InChI is InChI=1S/C12H13ClN4/c1-3-5-10(4-2)14-12-15-11-7-6-9(13)8-17(11)16-12/h1,6-8,10H,4-5H2,2H3,(H,14,16). The molecular weight excluding hydrogens is 236 g/mol. The van der Waals surface area contributed by atoms with Gasteiger partial charge in [-0.15, -0.1) is 17.4 Å². The lowest BCUT2D eigenvalue weighted by Gasteiger charge is -2.11. The largest absolute Gasteiger partial charge is 0.349 e. The molecule has 5 heteroatoms. The molecule has 17 heavy (non-hydrogen) atoms. The van der Waals surface area contributed by atoms with Crippen LogP contribution in [-0.2, 0) is 0 Å². The van der Waals surface area contributed by atoms with Gasteiger partial charge in [0.25, 0.3) is 0 Å². The number of terminal acetylenes is 1. The first kappa shape index (κ1) is 11.7. The molecule has 1 N–H and O–H groups in total. The van der Waals surface area contributed by atoms with E-state index in [0.29, 0.717) is 17.4 Å². The van der Waals surface area contributed by atoms with Crippen molar-refractivity contribution < 1.29 is 0 Å². The summed E-state index contributed by atoms with van der Waals surface area (Å²) >= 11 is 5.88. The average molecular weight is 249 g/mol. The molecule has 0 spiro atoms. The van der Waals surface area contributed by atoms with Gasteiger partial charge >= 0.3 is 0 Å². The molecule has 1 unspecified atom stereocenters. The zero-order valence-electron chi connectivity index (χ0n) is 9.52. The van der Waals surface area contributed by atoms with E-state index in [9.17, 15) is 0 Å². The number of hydrogen-bond acceptors (Lipinski definition) is 3. The lowest BCUT2D eigenvalue weighted by molar-refractivity contribution is 0.706. The van der Waals surface area contributed by atoms with Gasteiger partial charge in [0.15, 0.2) is 5.65 Å². The van der Waals surface area contributed by atoms with E-state index in [1.807, 2.05) is 6.07 Å². The summed E-state index contributed by atoms with van der Waals surface area (Å²) in [6.45, 7) is 2.07. The molecule has 0 saturated carbocycles. The Morgan fingerprint density at radius 1 is 1.59 bits per heavy atom. The van der Waals surface area contributed by atoms with E-state index in [0.717, 1.165) is 12.1 Å². The molecule has 0 radical (unpaired) electrons. The quantitative estimate of drug-likeness (QED) is 0.846. The highest BCUT2D eigenvalue weighted by atomic mass is 35.5. The number of nitrogens with one attached hydrogen (secondary N) is 1. The van der Waals surface area contributed by atoms with Crippen molar-refractivity contribution in [1.82, 2.24) is 14.6 Å². The maximum Gasteiger partial charge on any atom is 0.243 e. The third kappa shape index (κ3) is 2.69. The minimum absolute atomic E-state index is 0.202. The monoisotopic (exact) mass is 248 g/mol. The van der Waals surface area contributed by atoms with Gasteiger partial charge < -0.3 is 5.32 Å². The van der Waals surface area contributed by atoms with Crippen LogP contribution in [0.2, 0.25) is 5.02 Å². The van der Waals surface area contributed by atoms with Crippen LogP contribution in [0.3, 0.4) is 0 Å². The van der Waals surface area contributed by atoms with Crippen LogP contribution in [0.1, 0.15) is 19.8 Å². The van der Waals surface area contributed by atoms with Crippen LogP contribution in [0.25, 0.3) is 5.65 Å². The summed E-state index contributed by atoms with van der Waals surface area (Å²) in [6, 6.07) is 3.81. The molecular formula is C12H13ClN4. The van der Waals surface area contributed by atoms with Gasteiger partial charge in [0.1, 0.15) is 0 Å². The zero-order chi connectivity index (χ0) is 12.3. The van der Waals surface area contributed by atoms with Gasteiger partial charge in [-0.25, -0.2) is 4.52 Å². The number of fused-ring (bicyclic) bond motifs is 1. The van der Waals surface area contributed by atoms with Crippen LogP contribution in [0.5, 0.6) is 0 Å². The van der Waals surface area contributed by atoms with Crippen molar-refractivity contribution in [3.63, 3.8) is 0 Å². The van der Waals surface area contributed by atoms with Crippen LogP contribution in [0, 0.1) is 12.3 Å². The maximum absolute atomic E-state index is 5.88. The molecule has 0 aliphatic rings. The highest BCUT2D eigenvalue weighted by Crippen LogP contribution is 2.13. The SMILES string of the molecule is C#CCC(CC)Nc1nc2ccc(Cl)cn2n1. The number of nitrogens with zero attached hydrogens (tertiary/aromatic N) is 3. The van der Waals surface area contributed by atoms with E-state index in [4.69, 9.17) is 18.0 Å². The fourth-order valence-electron chi connectivity index (χ4n) is 1.54. The maximum atomic E-state index is 5.88. The van der Waals surface area contributed by atoms with Crippen LogP contribution in [0.4, 0.5) is 5.95 Å². The summed E-state index contributed by atoms with van der Waals surface area (Å²) in [5.41, 5.74) is 0.757. The van der Waals surface area contributed by atoms with E-state index in [2.05, 4.69) is 28.2 Å². The molecule has 0 amide bonds. The summed E-state index contributed by atoms with van der Waals surface area (Å²) < 4.78 is 1.65. The number of anilines is 1. The molecule has 2 aromatic heterocycles. The van der Waals surface area contributed by atoms with Crippen molar-refractivity contribution in [1.29, 1.82) is 0 Å². The van der Waals surface area contributed by atoms with Gasteiger partial charge in [-0.2, -0.15) is 4.98 Å². The first-order chi connectivity index (χ1) is 8.22. The Kier molecular flexibility index (Phi) is 3.50. The summed E-state index contributed by atoms with van der Waals surface area (Å²) in [7, 11) is 0.